The number of esters is 1. The van der Waals surface area contributed by atoms with E-state index in [1.54, 1.807) is 36.1 Å². The Balaban J connectivity index is 1.92. The number of urea groups is 1. The minimum absolute atomic E-state index is 0.0353. The van der Waals surface area contributed by atoms with Gasteiger partial charge in [0.25, 0.3) is 0 Å². The molecule has 1 fully saturated rings. The molecule has 3 N–H and O–H groups in total. The molecule has 8 heteroatoms. The second kappa shape index (κ2) is 13.2. The molecule has 3 amide bonds. The summed E-state index contributed by atoms with van der Waals surface area (Å²) in [5.74, 6) is 0.358. The predicted molar refractivity (Wildman–Crippen MR) is 128 cm³/mol. The lowest BCUT2D eigenvalue weighted by Gasteiger charge is -2.38. The summed E-state index contributed by atoms with van der Waals surface area (Å²) in [5, 5.41) is 15.4. The number of amides is 3. The maximum Gasteiger partial charge on any atom is 0.338 e. The van der Waals surface area contributed by atoms with Gasteiger partial charge < -0.3 is 25.4 Å². The highest BCUT2D eigenvalue weighted by Crippen LogP contribution is 2.29. The summed E-state index contributed by atoms with van der Waals surface area (Å²) in [6.45, 7) is 9.33. The number of rotatable bonds is 10. The summed E-state index contributed by atoms with van der Waals surface area (Å²) >= 11 is 0. The number of hydrogen-bond acceptors (Lipinski definition) is 5. The normalized spacial score (nSPS) is 19.2. The summed E-state index contributed by atoms with van der Waals surface area (Å²) < 4.78 is 5.02. The van der Waals surface area contributed by atoms with Crippen molar-refractivity contribution in [3.8, 4) is 0 Å². The molecule has 184 valence electrons. The van der Waals surface area contributed by atoms with E-state index < -0.39 is 5.97 Å². The van der Waals surface area contributed by atoms with Crippen LogP contribution in [-0.4, -0.2) is 60.3 Å². The molecule has 1 aromatic rings. The third-order valence-corrected chi connectivity index (χ3v) is 6.12. The Kier molecular flexibility index (Phi) is 10.6. The number of aliphatic hydroxyl groups excluding tert-OH is 1. The molecule has 2 rings (SSSR count). The Morgan fingerprint density at radius 1 is 1.21 bits per heavy atom. The standard InChI is InChI=1S/C25H39N3O5/c1-5-18-15-28(11-10-19(18)14-23(30)26-22(16-29)12-17(3)4)25(32)27-21-9-7-8-20(13-21)24(31)33-6-2/h7-9,13,17-19,22,29H,5-6,10-12,14-16H2,1-4H3,(H,26,30)(H,27,32)/t18-,19-,22+/m0/s1. The third kappa shape index (κ3) is 8.35. The van der Waals surface area contributed by atoms with Crippen LogP contribution in [0.4, 0.5) is 10.5 Å². The van der Waals surface area contributed by atoms with Gasteiger partial charge in [-0.1, -0.05) is 33.3 Å². The zero-order chi connectivity index (χ0) is 24.4. The van der Waals surface area contributed by atoms with Crippen LogP contribution in [0.5, 0.6) is 0 Å². The number of anilines is 1. The Morgan fingerprint density at radius 2 is 1.97 bits per heavy atom. The minimum Gasteiger partial charge on any atom is -0.462 e. The van der Waals surface area contributed by atoms with Crippen molar-refractivity contribution in [3.05, 3.63) is 29.8 Å². The van der Waals surface area contributed by atoms with Crippen molar-refractivity contribution in [3.63, 3.8) is 0 Å². The van der Waals surface area contributed by atoms with E-state index in [0.717, 1.165) is 19.3 Å². The van der Waals surface area contributed by atoms with Crippen molar-refractivity contribution in [2.75, 3.05) is 31.6 Å². The molecule has 0 bridgehead atoms. The highest BCUT2D eigenvalue weighted by Gasteiger charge is 2.32. The second-order valence-electron chi connectivity index (χ2n) is 9.18. The summed E-state index contributed by atoms with van der Waals surface area (Å²) in [6.07, 6.45) is 2.77. The molecule has 3 atom stereocenters. The fourth-order valence-electron chi connectivity index (χ4n) is 4.41. The first kappa shape index (κ1) is 26.6. The molecule has 0 unspecified atom stereocenters. The molecule has 1 aliphatic heterocycles. The van der Waals surface area contributed by atoms with Crippen molar-refractivity contribution in [1.29, 1.82) is 0 Å². The smallest absolute Gasteiger partial charge is 0.338 e. The van der Waals surface area contributed by atoms with Gasteiger partial charge in [-0.2, -0.15) is 0 Å². The predicted octanol–water partition coefficient (Wildman–Crippen LogP) is 3.66. The highest BCUT2D eigenvalue weighted by atomic mass is 16.5. The number of likely N-dealkylation sites (tertiary alicyclic amines) is 1. The fraction of sp³-hybridized carbons (Fsp3) is 0.640. The number of aliphatic hydroxyl groups is 1. The van der Waals surface area contributed by atoms with Crippen molar-refractivity contribution < 1.29 is 24.2 Å². The van der Waals surface area contributed by atoms with E-state index in [1.165, 1.54) is 0 Å². The second-order valence-corrected chi connectivity index (χ2v) is 9.18. The minimum atomic E-state index is -0.421. The van der Waals surface area contributed by atoms with Crippen LogP contribution >= 0.6 is 0 Å². The van der Waals surface area contributed by atoms with E-state index in [9.17, 15) is 19.5 Å². The molecule has 33 heavy (non-hydrogen) atoms. The van der Waals surface area contributed by atoms with Crippen molar-refractivity contribution in [2.45, 2.75) is 59.4 Å². The lowest BCUT2D eigenvalue weighted by atomic mass is 9.81. The summed E-state index contributed by atoms with van der Waals surface area (Å²) in [7, 11) is 0. The van der Waals surface area contributed by atoms with E-state index in [1.807, 2.05) is 0 Å². The number of nitrogens with zero attached hydrogens (tertiary/aromatic N) is 1. The lowest BCUT2D eigenvalue weighted by molar-refractivity contribution is -0.124. The Hall–Kier alpha value is -2.61. The average molecular weight is 462 g/mol. The van der Waals surface area contributed by atoms with Gasteiger partial charge in [0.1, 0.15) is 0 Å². The highest BCUT2D eigenvalue weighted by molar-refractivity contribution is 5.94. The van der Waals surface area contributed by atoms with Crippen LogP contribution < -0.4 is 10.6 Å². The zero-order valence-corrected chi connectivity index (χ0v) is 20.3. The van der Waals surface area contributed by atoms with Crippen LogP contribution in [0.25, 0.3) is 0 Å². The Labute approximate surface area is 197 Å². The van der Waals surface area contributed by atoms with Gasteiger partial charge in [0.15, 0.2) is 0 Å². The van der Waals surface area contributed by atoms with Crippen LogP contribution in [0, 0.1) is 17.8 Å². The van der Waals surface area contributed by atoms with Crippen LogP contribution in [0.3, 0.4) is 0 Å². The van der Waals surface area contributed by atoms with E-state index in [2.05, 4.69) is 31.4 Å². The number of carbonyl (C=O) groups is 3. The van der Waals surface area contributed by atoms with E-state index in [4.69, 9.17) is 4.74 Å². The van der Waals surface area contributed by atoms with Crippen LogP contribution in [0.2, 0.25) is 0 Å². The number of hydrogen-bond donors (Lipinski definition) is 3. The summed E-state index contributed by atoms with van der Waals surface area (Å²) in [4.78, 5) is 39.1. The Morgan fingerprint density at radius 3 is 2.61 bits per heavy atom. The maximum atomic E-state index is 12.8. The van der Waals surface area contributed by atoms with E-state index in [0.29, 0.717) is 43.3 Å². The van der Waals surface area contributed by atoms with Crippen molar-refractivity contribution in [1.82, 2.24) is 10.2 Å². The Bertz CT molecular complexity index is 798. The van der Waals surface area contributed by atoms with Crippen LogP contribution in [-0.2, 0) is 9.53 Å². The van der Waals surface area contributed by atoms with Crippen molar-refractivity contribution >= 4 is 23.6 Å². The topological polar surface area (TPSA) is 108 Å². The van der Waals surface area contributed by atoms with E-state index >= 15 is 0 Å². The molecular weight excluding hydrogens is 422 g/mol. The molecule has 1 aromatic carbocycles. The van der Waals surface area contributed by atoms with Crippen molar-refractivity contribution in [2.24, 2.45) is 17.8 Å². The lowest BCUT2D eigenvalue weighted by Crippen LogP contribution is -2.47. The van der Waals surface area contributed by atoms with E-state index in [-0.39, 0.29) is 36.4 Å². The monoisotopic (exact) mass is 461 g/mol. The first-order valence-corrected chi connectivity index (χ1v) is 12.0. The molecule has 0 saturated carbocycles. The largest absolute Gasteiger partial charge is 0.462 e. The van der Waals surface area contributed by atoms with Gasteiger partial charge in [-0.05, 0) is 55.7 Å². The maximum absolute atomic E-state index is 12.8. The third-order valence-electron chi connectivity index (χ3n) is 6.12. The molecule has 1 saturated heterocycles. The SMILES string of the molecule is CCOC(=O)c1cccc(NC(=O)N2CC[C@@H](CC(=O)N[C@@H](CO)CC(C)C)[C@@H](CC)C2)c1. The summed E-state index contributed by atoms with van der Waals surface area (Å²) in [5.41, 5.74) is 0.935. The van der Waals surface area contributed by atoms with Gasteiger partial charge in [0.05, 0.1) is 24.8 Å². The number of carbonyl (C=O) groups excluding carboxylic acids is 3. The molecule has 1 aliphatic rings. The van der Waals surface area contributed by atoms with Gasteiger partial charge in [-0.25, -0.2) is 9.59 Å². The number of piperidine rings is 1. The molecule has 0 radical (unpaired) electrons. The molecule has 0 aliphatic carbocycles. The summed E-state index contributed by atoms with van der Waals surface area (Å²) in [6, 6.07) is 6.28. The first-order chi connectivity index (χ1) is 15.8. The number of benzene rings is 1. The van der Waals surface area contributed by atoms with Gasteiger partial charge >= 0.3 is 12.0 Å². The van der Waals surface area contributed by atoms with Gasteiger partial charge in [-0.3, -0.25) is 4.79 Å². The molecular formula is C25H39N3O5. The van der Waals surface area contributed by atoms with Crippen LogP contribution in [0.15, 0.2) is 24.3 Å². The van der Waals surface area contributed by atoms with Gasteiger partial charge in [0.2, 0.25) is 5.91 Å². The molecule has 1 heterocycles. The van der Waals surface area contributed by atoms with Crippen LogP contribution in [0.1, 0.15) is 63.7 Å². The first-order valence-electron chi connectivity index (χ1n) is 12.0. The number of nitrogens with one attached hydrogen (secondary N) is 2. The van der Waals surface area contributed by atoms with Gasteiger partial charge in [-0.15, -0.1) is 0 Å². The number of ether oxygens (including phenoxy) is 1. The molecule has 0 spiro atoms. The fourth-order valence-corrected chi connectivity index (χ4v) is 4.41. The molecule has 0 aromatic heterocycles. The molecule has 8 nitrogen and oxygen atoms in total. The zero-order valence-electron chi connectivity index (χ0n) is 20.3. The average Bonchev–Trinajstić information content (AvgIpc) is 2.78. The van der Waals surface area contributed by atoms with Gasteiger partial charge in [0, 0.05) is 25.2 Å². The quantitative estimate of drug-likeness (QED) is 0.461.